The van der Waals surface area contributed by atoms with Crippen LogP contribution >= 0.6 is 11.8 Å². The molecule has 160 valence electrons. The summed E-state index contributed by atoms with van der Waals surface area (Å²) >= 11 is 1.15. The molecule has 2 atom stereocenters. The van der Waals surface area contributed by atoms with Crippen molar-refractivity contribution in [1.82, 2.24) is 5.01 Å². The summed E-state index contributed by atoms with van der Waals surface area (Å²) in [6.45, 7) is 0. The predicted octanol–water partition coefficient (Wildman–Crippen LogP) is 3.33. The number of methoxy groups -OCH3 is 2. The Kier molecular flexibility index (Phi) is 5.94. The van der Waals surface area contributed by atoms with Crippen LogP contribution in [0, 0.1) is 0 Å². The van der Waals surface area contributed by atoms with Gasteiger partial charge in [0.25, 0.3) is 5.91 Å². The number of hydrogen-bond donors (Lipinski definition) is 1. The van der Waals surface area contributed by atoms with Crippen molar-refractivity contribution >= 4 is 34.5 Å². The first kappa shape index (κ1) is 20.9. The summed E-state index contributed by atoms with van der Waals surface area (Å²) in [5, 5.41) is 15.3. The second kappa shape index (κ2) is 8.81. The van der Waals surface area contributed by atoms with Gasteiger partial charge in [0.1, 0.15) is 16.7 Å². The molecule has 0 saturated heterocycles. The van der Waals surface area contributed by atoms with Crippen molar-refractivity contribution < 1.29 is 24.2 Å². The molecule has 2 aliphatic heterocycles. The summed E-state index contributed by atoms with van der Waals surface area (Å²) in [5.41, 5.74) is 2.78. The van der Waals surface area contributed by atoms with Gasteiger partial charge in [-0.2, -0.15) is 10.1 Å². The molecule has 1 amide bonds. The van der Waals surface area contributed by atoms with Gasteiger partial charge in [0.05, 0.1) is 32.4 Å². The fourth-order valence-corrected chi connectivity index (χ4v) is 4.55. The fraction of sp³-hybridized carbons (Fsp3) is 0.273. The van der Waals surface area contributed by atoms with E-state index in [4.69, 9.17) is 19.7 Å². The highest BCUT2D eigenvalue weighted by molar-refractivity contribution is 8.15. The first-order valence-electron chi connectivity index (χ1n) is 9.64. The quantitative estimate of drug-likeness (QED) is 0.737. The van der Waals surface area contributed by atoms with Gasteiger partial charge < -0.3 is 14.6 Å². The molecular formula is C22H21N3O5S. The standard InChI is InChI=1S/C22H21N3O5S/c1-29-15-7-3-13(4-8-15)17-11-18(14-5-9-16(30-2)10-6-14)25(24-17)22-23-21(28)19(31-22)12-20(26)27/h3-10,18-19H,11-12H2,1-2H3,(H,26,27). The van der Waals surface area contributed by atoms with Crippen molar-refractivity contribution in [2.75, 3.05) is 14.2 Å². The van der Waals surface area contributed by atoms with E-state index in [-0.39, 0.29) is 12.5 Å². The van der Waals surface area contributed by atoms with Gasteiger partial charge in [0.15, 0.2) is 5.17 Å². The molecule has 8 nitrogen and oxygen atoms in total. The SMILES string of the molecule is COc1ccc(C2=NN(C3=NC(=O)C(CC(=O)O)S3)C(c3ccc(OC)cc3)C2)cc1. The van der Waals surface area contributed by atoms with Crippen molar-refractivity contribution in [3.63, 3.8) is 0 Å². The molecule has 0 aliphatic carbocycles. The largest absolute Gasteiger partial charge is 0.497 e. The van der Waals surface area contributed by atoms with E-state index in [1.807, 2.05) is 48.5 Å². The lowest BCUT2D eigenvalue weighted by Gasteiger charge is -2.23. The molecule has 9 heteroatoms. The Bertz CT molecular complexity index is 1050. The molecule has 0 fully saturated rings. The summed E-state index contributed by atoms with van der Waals surface area (Å²) in [7, 11) is 3.23. The maximum absolute atomic E-state index is 12.2. The number of hydrazone groups is 1. The van der Waals surface area contributed by atoms with Crippen LogP contribution in [0.25, 0.3) is 0 Å². The molecule has 0 saturated carbocycles. The molecule has 31 heavy (non-hydrogen) atoms. The van der Waals surface area contributed by atoms with Crippen LogP contribution in [-0.2, 0) is 9.59 Å². The lowest BCUT2D eigenvalue weighted by molar-refractivity contribution is -0.138. The van der Waals surface area contributed by atoms with Crippen LogP contribution in [0.2, 0.25) is 0 Å². The van der Waals surface area contributed by atoms with E-state index in [2.05, 4.69) is 4.99 Å². The smallest absolute Gasteiger partial charge is 0.305 e. The number of thioether (sulfide) groups is 1. The third-order valence-corrected chi connectivity index (χ3v) is 6.26. The van der Waals surface area contributed by atoms with Gasteiger partial charge in [0.2, 0.25) is 0 Å². The maximum Gasteiger partial charge on any atom is 0.305 e. The van der Waals surface area contributed by atoms with Gasteiger partial charge in [0, 0.05) is 6.42 Å². The predicted molar refractivity (Wildman–Crippen MR) is 118 cm³/mol. The molecular weight excluding hydrogens is 418 g/mol. The lowest BCUT2D eigenvalue weighted by atomic mass is 9.98. The second-order valence-electron chi connectivity index (χ2n) is 7.05. The van der Waals surface area contributed by atoms with Gasteiger partial charge in [-0.3, -0.25) is 9.59 Å². The Hall–Kier alpha value is -3.33. The highest BCUT2D eigenvalue weighted by atomic mass is 32.2. The number of nitrogens with zero attached hydrogens (tertiary/aromatic N) is 3. The van der Waals surface area contributed by atoms with Crippen molar-refractivity contribution in [1.29, 1.82) is 0 Å². The molecule has 2 heterocycles. The summed E-state index contributed by atoms with van der Waals surface area (Å²) in [5.74, 6) is 0.0273. The number of benzene rings is 2. The average molecular weight is 439 g/mol. The Morgan fingerprint density at radius 2 is 1.71 bits per heavy atom. The van der Waals surface area contributed by atoms with E-state index in [1.165, 1.54) is 0 Å². The number of rotatable bonds is 6. The van der Waals surface area contributed by atoms with E-state index in [9.17, 15) is 9.59 Å². The molecule has 2 aromatic rings. The van der Waals surface area contributed by atoms with Crippen LogP contribution in [0.1, 0.15) is 30.0 Å². The molecule has 2 aliphatic rings. The van der Waals surface area contributed by atoms with Crippen molar-refractivity contribution in [3.8, 4) is 11.5 Å². The third-order valence-electron chi connectivity index (χ3n) is 5.12. The highest BCUT2D eigenvalue weighted by Crippen LogP contribution is 2.39. The topological polar surface area (TPSA) is 101 Å². The first-order chi connectivity index (χ1) is 15.0. The Balaban J connectivity index is 1.66. The minimum absolute atomic E-state index is 0.175. The molecule has 0 aromatic heterocycles. The summed E-state index contributed by atoms with van der Waals surface area (Å²) in [6, 6.07) is 15.1. The summed E-state index contributed by atoms with van der Waals surface area (Å²) in [4.78, 5) is 27.5. The zero-order chi connectivity index (χ0) is 22.0. The fourth-order valence-electron chi connectivity index (χ4n) is 3.49. The van der Waals surface area contributed by atoms with Crippen LogP contribution in [0.5, 0.6) is 11.5 Å². The number of carbonyl (C=O) groups is 2. The van der Waals surface area contributed by atoms with Crippen LogP contribution in [0.4, 0.5) is 0 Å². The van der Waals surface area contributed by atoms with E-state index < -0.39 is 17.1 Å². The number of carboxylic acid groups (broad SMARTS) is 1. The molecule has 0 spiro atoms. The number of ether oxygens (including phenoxy) is 2. The van der Waals surface area contributed by atoms with Gasteiger partial charge in [-0.25, -0.2) is 5.01 Å². The van der Waals surface area contributed by atoms with Gasteiger partial charge >= 0.3 is 5.97 Å². The molecule has 2 aromatic carbocycles. The number of amidine groups is 1. The Labute approximate surface area is 183 Å². The van der Waals surface area contributed by atoms with Gasteiger partial charge in [-0.15, -0.1) is 0 Å². The maximum atomic E-state index is 12.2. The monoisotopic (exact) mass is 439 g/mol. The minimum atomic E-state index is -1.03. The Morgan fingerprint density at radius 1 is 1.10 bits per heavy atom. The molecule has 1 N–H and O–H groups in total. The lowest BCUT2D eigenvalue weighted by Crippen LogP contribution is -2.24. The van der Waals surface area contributed by atoms with Gasteiger partial charge in [-0.1, -0.05) is 23.9 Å². The van der Waals surface area contributed by atoms with Crippen molar-refractivity contribution in [2.24, 2.45) is 10.1 Å². The van der Waals surface area contributed by atoms with E-state index in [0.29, 0.717) is 11.6 Å². The van der Waals surface area contributed by atoms with Crippen LogP contribution in [-0.4, -0.2) is 52.3 Å². The van der Waals surface area contributed by atoms with E-state index in [0.717, 1.165) is 40.1 Å². The summed E-state index contributed by atoms with van der Waals surface area (Å²) in [6.07, 6.45) is 0.336. The van der Waals surface area contributed by atoms with Crippen molar-refractivity contribution in [2.45, 2.75) is 24.1 Å². The number of carbonyl (C=O) groups excluding carboxylic acids is 1. The first-order valence-corrected chi connectivity index (χ1v) is 10.5. The second-order valence-corrected chi connectivity index (χ2v) is 8.22. The normalized spacial score (nSPS) is 20.5. The number of amides is 1. The zero-order valence-electron chi connectivity index (χ0n) is 17.0. The molecule has 0 radical (unpaired) electrons. The number of hydrogen-bond acceptors (Lipinski definition) is 7. The number of aliphatic carboxylic acids is 1. The van der Waals surface area contributed by atoms with Crippen molar-refractivity contribution in [3.05, 3.63) is 59.7 Å². The highest BCUT2D eigenvalue weighted by Gasteiger charge is 2.39. The number of carboxylic acids is 1. The van der Waals surface area contributed by atoms with Crippen LogP contribution in [0.15, 0.2) is 58.6 Å². The summed E-state index contributed by atoms with van der Waals surface area (Å²) < 4.78 is 10.5. The van der Waals surface area contributed by atoms with E-state index >= 15 is 0 Å². The third kappa shape index (κ3) is 4.41. The average Bonchev–Trinajstić information content (AvgIpc) is 3.37. The minimum Gasteiger partial charge on any atom is -0.497 e. The Morgan fingerprint density at radius 3 is 2.29 bits per heavy atom. The molecule has 0 bridgehead atoms. The van der Waals surface area contributed by atoms with Gasteiger partial charge in [-0.05, 0) is 47.5 Å². The van der Waals surface area contributed by atoms with Crippen LogP contribution < -0.4 is 9.47 Å². The molecule has 2 unspecified atom stereocenters. The van der Waals surface area contributed by atoms with Crippen LogP contribution in [0.3, 0.4) is 0 Å². The van der Waals surface area contributed by atoms with E-state index in [1.54, 1.807) is 19.2 Å². The molecule has 4 rings (SSSR count). The zero-order valence-corrected chi connectivity index (χ0v) is 17.8. The number of aliphatic imine (C=N–C) groups is 1.